The van der Waals surface area contributed by atoms with Crippen molar-refractivity contribution >= 4 is 6.29 Å². The molecule has 0 spiro atoms. The Morgan fingerprint density at radius 1 is 1.38 bits per heavy atom. The Morgan fingerprint density at radius 2 is 2.00 bits per heavy atom. The third-order valence-corrected chi connectivity index (χ3v) is 1.31. The Morgan fingerprint density at radius 3 is 2.54 bits per heavy atom. The summed E-state index contributed by atoms with van der Waals surface area (Å²) in [6.45, 7) is 5.13. The molecule has 0 aliphatic heterocycles. The fourth-order valence-corrected chi connectivity index (χ4v) is 0.776. The lowest BCUT2D eigenvalue weighted by Crippen LogP contribution is -2.15. The summed E-state index contributed by atoms with van der Waals surface area (Å²) < 4.78 is 0. The molecule has 0 fully saturated rings. The van der Waals surface area contributed by atoms with Gasteiger partial charge in [-0.25, -0.2) is 0 Å². The van der Waals surface area contributed by atoms with Gasteiger partial charge in [0.2, 0.25) is 0 Å². The molecule has 0 aliphatic carbocycles. The Hall–Kier alpha value is -1.22. The first-order valence-electron chi connectivity index (χ1n) is 4.47. The zero-order valence-electron chi connectivity index (χ0n) is 8.16. The first-order valence-corrected chi connectivity index (χ1v) is 4.47. The van der Waals surface area contributed by atoms with E-state index >= 15 is 0 Å². The molecular formula is C10H16N2O. The van der Waals surface area contributed by atoms with Crippen molar-refractivity contribution < 1.29 is 4.79 Å². The van der Waals surface area contributed by atoms with Crippen LogP contribution in [0, 0.1) is 0 Å². The average molecular weight is 180 g/mol. The number of nitrogens with zero attached hydrogens (tertiary/aromatic N) is 1. The smallest absolute Gasteiger partial charge is 0.133 e. The van der Waals surface area contributed by atoms with Crippen molar-refractivity contribution in [2.45, 2.75) is 20.4 Å². The molecule has 0 bridgehead atoms. The van der Waals surface area contributed by atoms with Gasteiger partial charge in [-0.2, -0.15) is 0 Å². The van der Waals surface area contributed by atoms with Crippen molar-refractivity contribution in [2.75, 3.05) is 6.54 Å². The van der Waals surface area contributed by atoms with Gasteiger partial charge in [-0.15, -0.1) is 0 Å². The molecule has 0 radical (unpaired) electrons. The van der Waals surface area contributed by atoms with Crippen LogP contribution in [0.2, 0.25) is 0 Å². The molecule has 1 heterocycles. The number of hydrogen-bond donors (Lipinski definition) is 1. The number of rotatable bonds is 4. The first-order chi connectivity index (χ1) is 6.43. The molecule has 3 nitrogen and oxygen atoms in total. The van der Waals surface area contributed by atoms with Crippen LogP contribution in [0.1, 0.15) is 19.4 Å². The summed E-state index contributed by atoms with van der Waals surface area (Å²) in [7, 11) is 0. The second-order valence-electron chi connectivity index (χ2n) is 2.15. The normalized spacial score (nSPS) is 8.46. The van der Waals surface area contributed by atoms with E-state index in [2.05, 4.69) is 10.3 Å². The maximum atomic E-state index is 9.92. The quantitative estimate of drug-likeness (QED) is 0.562. The minimum Gasteiger partial charge on any atom is -0.306 e. The van der Waals surface area contributed by atoms with Crippen LogP contribution < -0.4 is 5.32 Å². The number of hydrogen-bond acceptors (Lipinski definition) is 3. The van der Waals surface area contributed by atoms with Crippen LogP contribution in [-0.2, 0) is 11.3 Å². The second-order valence-corrected chi connectivity index (χ2v) is 2.15. The minimum atomic E-state index is 0.405. The molecule has 0 aliphatic rings. The summed E-state index contributed by atoms with van der Waals surface area (Å²) >= 11 is 0. The number of carbonyl (C=O) groups excluding carboxylic acids is 1. The largest absolute Gasteiger partial charge is 0.306 e. The maximum absolute atomic E-state index is 9.92. The summed E-state index contributed by atoms with van der Waals surface area (Å²) in [5.74, 6) is 0. The third kappa shape index (κ3) is 5.99. The highest BCUT2D eigenvalue weighted by atomic mass is 16.1. The lowest BCUT2D eigenvalue weighted by Gasteiger charge is -1.98. The highest BCUT2D eigenvalue weighted by Crippen LogP contribution is 1.93. The van der Waals surface area contributed by atoms with Crippen LogP contribution in [0.3, 0.4) is 0 Å². The fraction of sp³-hybridized carbons (Fsp3) is 0.400. The van der Waals surface area contributed by atoms with E-state index in [-0.39, 0.29) is 0 Å². The third-order valence-electron chi connectivity index (χ3n) is 1.31. The van der Waals surface area contributed by atoms with Crippen LogP contribution in [0.25, 0.3) is 0 Å². The standard InChI is InChI=1S/C8H10N2O.C2H6/c11-6-5-10-7-8-1-3-9-4-2-8;1-2/h1-4,6,10H,5,7H2;1-2H3. The lowest BCUT2D eigenvalue weighted by molar-refractivity contribution is -0.107. The van der Waals surface area contributed by atoms with Gasteiger partial charge < -0.3 is 10.1 Å². The van der Waals surface area contributed by atoms with E-state index in [4.69, 9.17) is 0 Å². The second kappa shape index (κ2) is 8.87. The predicted octanol–water partition coefficient (Wildman–Crippen LogP) is 1.40. The van der Waals surface area contributed by atoms with Gasteiger partial charge >= 0.3 is 0 Å². The molecule has 1 N–H and O–H groups in total. The fourth-order valence-electron chi connectivity index (χ4n) is 0.776. The van der Waals surface area contributed by atoms with E-state index in [9.17, 15) is 4.79 Å². The maximum Gasteiger partial charge on any atom is 0.133 e. The van der Waals surface area contributed by atoms with Crippen molar-refractivity contribution in [3.8, 4) is 0 Å². The first kappa shape index (κ1) is 11.8. The van der Waals surface area contributed by atoms with E-state index in [1.54, 1.807) is 12.4 Å². The summed E-state index contributed by atoms with van der Waals surface area (Å²) in [5.41, 5.74) is 1.14. The SMILES string of the molecule is CC.O=CCNCc1ccncc1. The molecule has 1 aromatic rings. The van der Waals surface area contributed by atoms with Gasteiger partial charge in [0.15, 0.2) is 0 Å². The van der Waals surface area contributed by atoms with Gasteiger partial charge in [0.1, 0.15) is 6.29 Å². The number of carbonyl (C=O) groups is 1. The molecule has 0 unspecified atom stereocenters. The zero-order chi connectivity index (χ0) is 9.94. The van der Waals surface area contributed by atoms with Crippen molar-refractivity contribution in [3.05, 3.63) is 30.1 Å². The molecule has 0 saturated heterocycles. The Bertz CT molecular complexity index is 211. The number of aldehydes is 1. The highest BCUT2D eigenvalue weighted by Gasteiger charge is 1.88. The van der Waals surface area contributed by atoms with Crippen molar-refractivity contribution in [2.24, 2.45) is 0 Å². The highest BCUT2D eigenvalue weighted by molar-refractivity contribution is 5.51. The van der Waals surface area contributed by atoms with E-state index < -0.39 is 0 Å². The van der Waals surface area contributed by atoms with Crippen LogP contribution >= 0.6 is 0 Å². The topological polar surface area (TPSA) is 42.0 Å². The van der Waals surface area contributed by atoms with Gasteiger partial charge in [0.25, 0.3) is 0 Å². The summed E-state index contributed by atoms with van der Waals surface area (Å²) in [6.07, 6.45) is 4.32. The molecule has 3 heteroatoms. The Balaban J connectivity index is 0.000000671. The van der Waals surface area contributed by atoms with Gasteiger partial charge in [0.05, 0.1) is 6.54 Å². The predicted molar refractivity (Wildman–Crippen MR) is 53.4 cm³/mol. The Kier molecular flexibility index (Phi) is 8.04. The molecule has 0 saturated carbocycles. The summed E-state index contributed by atoms with van der Waals surface area (Å²) in [4.78, 5) is 13.8. The number of aromatic nitrogens is 1. The molecule has 0 amide bonds. The molecule has 13 heavy (non-hydrogen) atoms. The van der Waals surface area contributed by atoms with Crippen LogP contribution in [0.5, 0.6) is 0 Å². The van der Waals surface area contributed by atoms with Crippen molar-refractivity contribution in [3.63, 3.8) is 0 Å². The van der Waals surface area contributed by atoms with E-state index in [1.807, 2.05) is 26.0 Å². The summed E-state index contributed by atoms with van der Waals surface area (Å²) in [5, 5.41) is 2.96. The molecular weight excluding hydrogens is 164 g/mol. The molecule has 1 aromatic heterocycles. The average Bonchev–Trinajstić information content (AvgIpc) is 2.23. The molecule has 0 aromatic carbocycles. The molecule has 1 rings (SSSR count). The molecule has 0 atom stereocenters. The van der Waals surface area contributed by atoms with Crippen molar-refractivity contribution in [1.82, 2.24) is 10.3 Å². The monoisotopic (exact) mass is 180 g/mol. The lowest BCUT2D eigenvalue weighted by atomic mass is 10.3. The van der Waals surface area contributed by atoms with Gasteiger partial charge in [-0.05, 0) is 17.7 Å². The number of pyridine rings is 1. The van der Waals surface area contributed by atoms with Crippen LogP contribution in [0.15, 0.2) is 24.5 Å². The van der Waals surface area contributed by atoms with Gasteiger partial charge in [-0.1, -0.05) is 13.8 Å². The van der Waals surface area contributed by atoms with Gasteiger partial charge in [-0.3, -0.25) is 4.98 Å². The van der Waals surface area contributed by atoms with Crippen molar-refractivity contribution in [1.29, 1.82) is 0 Å². The Labute approximate surface area is 79.2 Å². The van der Waals surface area contributed by atoms with Crippen LogP contribution in [0.4, 0.5) is 0 Å². The zero-order valence-corrected chi connectivity index (χ0v) is 8.16. The van der Waals surface area contributed by atoms with E-state index in [0.29, 0.717) is 6.54 Å². The summed E-state index contributed by atoms with van der Waals surface area (Å²) in [6, 6.07) is 3.83. The van der Waals surface area contributed by atoms with E-state index in [0.717, 1.165) is 18.4 Å². The van der Waals surface area contributed by atoms with Crippen LogP contribution in [-0.4, -0.2) is 17.8 Å². The van der Waals surface area contributed by atoms with Gasteiger partial charge in [0, 0.05) is 18.9 Å². The van der Waals surface area contributed by atoms with E-state index in [1.165, 1.54) is 0 Å². The molecule has 72 valence electrons. The minimum absolute atomic E-state index is 0.405. The number of nitrogens with one attached hydrogen (secondary N) is 1.